The van der Waals surface area contributed by atoms with E-state index >= 15 is 0 Å². The first-order valence-corrected chi connectivity index (χ1v) is 6.30. The van der Waals surface area contributed by atoms with Gasteiger partial charge in [0.1, 0.15) is 5.75 Å². The third-order valence-electron chi connectivity index (χ3n) is 1.95. The van der Waals surface area contributed by atoms with E-state index in [1.165, 1.54) is 25.1 Å². The zero-order valence-electron chi connectivity index (χ0n) is 9.38. The molecule has 18 heavy (non-hydrogen) atoms. The van der Waals surface area contributed by atoms with Crippen LogP contribution in [0.2, 0.25) is 5.02 Å². The van der Waals surface area contributed by atoms with Crippen molar-refractivity contribution in [1.82, 2.24) is 0 Å². The second kappa shape index (κ2) is 6.33. The number of halogens is 4. The molecule has 0 atom stereocenters. The highest BCUT2D eigenvalue weighted by atomic mass is 35.5. The van der Waals surface area contributed by atoms with Gasteiger partial charge in [0.15, 0.2) is 5.78 Å². The maximum atomic E-state index is 11.8. The van der Waals surface area contributed by atoms with Crippen LogP contribution in [0.5, 0.6) is 5.75 Å². The molecule has 0 aromatic heterocycles. The summed E-state index contributed by atoms with van der Waals surface area (Å²) in [6.07, 6.45) is 0. The van der Waals surface area contributed by atoms with Gasteiger partial charge in [-0.3, -0.25) is 4.79 Å². The summed E-state index contributed by atoms with van der Waals surface area (Å²) >= 11 is 5.68. The van der Waals surface area contributed by atoms with Gasteiger partial charge in [0, 0.05) is 11.3 Å². The smallest absolute Gasteiger partial charge is 0.441 e. The van der Waals surface area contributed by atoms with E-state index in [4.69, 9.17) is 16.3 Å². The Balaban J connectivity index is 2.51. The molecule has 2 nitrogen and oxygen atoms in total. The molecule has 1 aromatic carbocycles. The van der Waals surface area contributed by atoms with E-state index in [-0.39, 0.29) is 40.7 Å². The molecule has 0 aliphatic rings. The molecule has 0 fully saturated rings. The topological polar surface area (TPSA) is 26.3 Å². The maximum Gasteiger partial charge on any atom is 0.441 e. The Hall–Kier alpha value is -0.880. The number of Topliss-reactive ketones (excluding diaryl/α,β-unsaturated/α-hetero) is 1. The molecule has 0 aliphatic carbocycles. The minimum atomic E-state index is -4.26. The fourth-order valence-electron chi connectivity index (χ4n) is 1.15. The normalized spacial score (nSPS) is 11.4. The van der Waals surface area contributed by atoms with Crippen molar-refractivity contribution in [3.05, 3.63) is 28.8 Å². The van der Waals surface area contributed by atoms with E-state index in [9.17, 15) is 18.0 Å². The Kier molecular flexibility index (Phi) is 5.34. The lowest BCUT2D eigenvalue weighted by molar-refractivity contribution is -0.0329. The van der Waals surface area contributed by atoms with E-state index in [0.29, 0.717) is 5.56 Å². The third kappa shape index (κ3) is 5.18. The van der Waals surface area contributed by atoms with Gasteiger partial charge >= 0.3 is 5.51 Å². The van der Waals surface area contributed by atoms with Gasteiger partial charge in [-0.05, 0) is 36.9 Å². The first kappa shape index (κ1) is 15.2. The molecule has 1 rings (SSSR count). The molecule has 100 valence electrons. The van der Waals surface area contributed by atoms with E-state index in [1.807, 2.05) is 0 Å². The second-order valence-electron chi connectivity index (χ2n) is 3.34. The largest absolute Gasteiger partial charge is 0.491 e. The predicted octanol–water partition coefficient (Wildman–Crippen LogP) is 4.17. The number of benzene rings is 1. The molecule has 0 amide bonds. The van der Waals surface area contributed by atoms with Gasteiger partial charge in [0.05, 0.1) is 11.6 Å². The minimum absolute atomic E-state index is 0.108. The van der Waals surface area contributed by atoms with Crippen molar-refractivity contribution in [3.8, 4) is 5.75 Å². The van der Waals surface area contributed by atoms with Gasteiger partial charge in [0.25, 0.3) is 0 Å². The molecule has 7 heteroatoms. The standard InChI is InChI=1S/C11H10ClF3O2S/c1-7(16)8-2-3-10(9(12)6-8)17-4-5-18-11(13,14)15/h2-3,6H,4-5H2,1H3. The highest BCUT2D eigenvalue weighted by Crippen LogP contribution is 2.30. The average molecular weight is 299 g/mol. The van der Waals surface area contributed by atoms with Gasteiger partial charge in [-0.25, -0.2) is 0 Å². The Morgan fingerprint density at radius 1 is 1.44 bits per heavy atom. The summed E-state index contributed by atoms with van der Waals surface area (Å²) in [5, 5.41) is 0.208. The SMILES string of the molecule is CC(=O)c1ccc(OCCSC(F)(F)F)c(Cl)c1. The Morgan fingerprint density at radius 3 is 2.61 bits per heavy atom. The number of hydrogen-bond acceptors (Lipinski definition) is 3. The van der Waals surface area contributed by atoms with Gasteiger partial charge < -0.3 is 4.74 Å². The molecule has 1 aromatic rings. The van der Waals surface area contributed by atoms with Crippen LogP contribution in [-0.2, 0) is 0 Å². The lowest BCUT2D eigenvalue weighted by Crippen LogP contribution is -2.07. The van der Waals surface area contributed by atoms with Crippen molar-refractivity contribution >= 4 is 29.1 Å². The van der Waals surface area contributed by atoms with Crippen LogP contribution in [-0.4, -0.2) is 23.7 Å². The van der Waals surface area contributed by atoms with Crippen molar-refractivity contribution < 1.29 is 22.7 Å². The van der Waals surface area contributed by atoms with Crippen molar-refractivity contribution in [2.75, 3.05) is 12.4 Å². The molecule has 0 bridgehead atoms. The van der Waals surface area contributed by atoms with Crippen LogP contribution in [0.15, 0.2) is 18.2 Å². The number of thioether (sulfide) groups is 1. The Morgan fingerprint density at radius 2 is 2.11 bits per heavy atom. The number of carbonyl (C=O) groups is 1. The summed E-state index contributed by atoms with van der Waals surface area (Å²) < 4.78 is 40.6. The summed E-state index contributed by atoms with van der Waals surface area (Å²) in [7, 11) is 0. The van der Waals surface area contributed by atoms with Crippen LogP contribution >= 0.6 is 23.4 Å². The van der Waals surface area contributed by atoms with E-state index < -0.39 is 5.51 Å². The minimum Gasteiger partial charge on any atom is -0.491 e. The van der Waals surface area contributed by atoms with Crippen molar-refractivity contribution in [2.24, 2.45) is 0 Å². The van der Waals surface area contributed by atoms with Crippen molar-refractivity contribution in [3.63, 3.8) is 0 Å². The van der Waals surface area contributed by atoms with Gasteiger partial charge in [-0.2, -0.15) is 13.2 Å². The Bertz CT molecular complexity index is 435. The van der Waals surface area contributed by atoms with E-state index in [1.54, 1.807) is 0 Å². The van der Waals surface area contributed by atoms with Crippen LogP contribution in [0, 0.1) is 0 Å². The van der Waals surface area contributed by atoms with Crippen LogP contribution in [0.1, 0.15) is 17.3 Å². The monoisotopic (exact) mass is 298 g/mol. The number of ketones is 1. The highest BCUT2D eigenvalue weighted by molar-refractivity contribution is 8.00. The number of rotatable bonds is 5. The van der Waals surface area contributed by atoms with Crippen LogP contribution in [0.25, 0.3) is 0 Å². The maximum absolute atomic E-state index is 11.8. The van der Waals surface area contributed by atoms with Gasteiger partial charge in [0.2, 0.25) is 0 Å². The first-order valence-electron chi connectivity index (χ1n) is 4.93. The fourth-order valence-corrected chi connectivity index (χ4v) is 1.78. The number of carbonyl (C=O) groups excluding carboxylic acids is 1. The summed E-state index contributed by atoms with van der Waals surface area (Å²) in [6.45, 7) is 1.29. The lowest BCUT2D eigenvalue weighted by atomic mass is 10.1. The van der Waals surface area contributed by atoms with E-state index in [2.05, 4.69) is 0 Å². The number of hydrogen-bond donors (Lipinski definition) is 0. The molecule has 0 saturated heterocycles. The van der Waals surface area contributed by atoms with Crippen LogP contribution in [0.4, 0.5) is 13.2 Å². The molecule has 0 spiro atoms. The summed E-state index contributed by atoms with van der Waals surface area (Å²) in [6, 6.07) is 4.41. The molecule has 0 radical (unpaired) electrons. The molecule has 0 heterocycles. The van der Waals surface area contributed by atoms with E-state index in [0.717, 1.165) is 0 Å². The van der Waals surface area contributed by atoms with Crippen LogP contribution < -0.4 is 4.74 Å². The number of alkyl halides is 3. The molecule has 0 saturated carbocycles. The lowest BCUT2D eigenvalue weighted by Gasteiger charge is -2.09. The van der Waals surface area contributed by atoms with Gasteiger partial charge in [-0.15, -0.1) is 0 Å². The summed E-state index contributed by atoms with van der Waals surface area (Å²) in [5.74, 6) is -0.0885. The first-order chi connectivity index (χ1) is 8.29. The summed E-state index contributed by atoms with van der Waals surface area (Å²) in [4.78, 5) is 11.1. The third-order valence-corrected chi connectivity index (χ3v) is 2.94. The fraction of sp³-hybridized carbons (Fsp3) is 0.364. The Labute approximate surface area is 111 Å². The number of ether oxygens (including phenoxy) is 1. The van der Waals surface area contributed by atoms with Crippen LogP contribution in [0.3, 0.4) is 0 Å². The average Bonchev–Trinajstić information content (AvgIpc) is 2.24. The molecular formula is C11H10ClF3O2S. The molecular weight excluding hydrogens is 289 g/mol. The zero-order chi connectivity index (χ0) is 13.8. The highest BCUT2D eigenvalue weighted by Gasteiger charge is 2.27. The van der Waals surface area contributed by atoms with Gasteiger partial charge in [-0.1, -0.05) is 11.6 Å². The molecule has 0 aliphatic heterocycles. The quantitative estimate of drug-likeness (QED) is 0.603. The molecule has 0 unspecified atom stereocenters. The molecule has 0 N–H and O–H groups in total. The van der Waals surface area contributed by atoms with Crippen molar-refractivity contribution in [2.45, 2.75) is 12.4 Å². The summed E-state index contributed by atoms with van der Waals surface area (Å²) in [5.41, 5.74) is -3.83. The second-order valence-corrected chi connectivity index (χ2v) is 4.91. The van der Waals surface area contributed by atoms with Crippen molar-refractivity contribution in [1.29, 1.82) is 0 Å². The zero-order valence-corrected chi connectivity index (χ0v) is 11.0. The predicted molar refractivity (Wildman–Crippen MR) is 65.5 cm³/mol.